The van der Waals surface area contributed by atoms with E-state index >= 15 is 0 Å². The first-order valence-corrected chi connectivity index (χ1v) is 9.39. The molecule has 0 fully saturated rings. The zero-order chi connectivity index (χ0) is 20.3. The molecule has 2 aromatic carbocycles. The molecule has 3 heterocycles. The summed E-state index contributed by atoms with van der Waals surface area (Å²) in [5.74, 6) is 2.86. The Hall–Kier alpha value is -4.13. The number of hydrogen-bond acceptors (Lipinski definition) is 7. The molecule has 2 aromatic heterocycles. The van der Waals surface area contributed by atoms with Gasteiger partial charge >= 0.3 is 0 Å². The number of hydrogen-bond donors (Lipinski definition) is 1. The molecule has 1 aliphatic heterocycles. The van der Waals surface area contributed by atoms with Crippen LogP contribution in [0, 0.1) is 0 Å². The van der Waals surface area contributed by atoms with E-state index in [1.54, 1.807) is 19.5 Å². The fourth-order valence-electron chi connectivity index (χ4n) is 3.24. The number of fused-ring (bicyclic) bond motifs is 2. The number of benzene rings is 2. The van der Waals surface area contributed by atoms with Crippen molar-refractivity contribution in [2.45, 2.75) is 0 Å². The van der Waals surface area contributed by atoms with Crippen LogP contribution in [-0.4, -0.2) is 30.1 Å². The van der Waals surface area contributed by atoms with Crippen molar-refractivity contribution in [3.8, 4) is 28.4 Å². The van der Waals surface area contributed by atoms with Crippen LogP contribution in [0.5, 0.6) is 17.2 Å². The van der Waals surface area contributed by atoms with Crippen LogP contribution in [0.4, 0.5) is 5.82 Å². The lowest BCUT2D eigenvalue weighted by Crippen LogP contribution is -1.98. The summed E-state index contributed by atoms with van der Waals surface area (Å²) in [5.41, 5.74) is 6.51. The number of aromatic nitrogens is 2. The van der Waals surface area contributed by atoms with E-state index < -0.39 is 0 Å². The van der Waals surface area contributed by atoms with Crippen LogP contribution in [0.2, 0.25) is 0 Å². The molecular weight excluding hydrogens is 380 g/mol. The molecule has 0 saturated heterocycles. The first-order valence-electron chi connectivity index (χ1n) is 9.39. The Labute approximate surface area is 173 Å². The first kappa shape index (κ1) is 17.9. The van der Waals surface area contributed by atoms with Crippen molar-refractivity contribution in [3.63, 3.8) is 0 Å². The molecule has 0 amide bonds. The molecule has 1 aliphatic rings. The third-order valence-electron chi connectivity index (χ3n) is 4.77. The molecule has 0 spiro atoms. The highest BCUT2D eigenvalue weighted by atomic mass is 16.7. The van der Waals surface area contributed by atoms with Crippen LogP contribution in [0.1, 0.15) is 5.56 Å². The lowest BCUT2D eigenvalue weighted by Gasteiger charge is -2.10. The quantitative estimate of drug-likeness (QED) is 0.394. The van der Waals surface area contributed by atoms with Crippen molar-refractivity contribution >= 4 is 23.1 Å². The minimum Gasteiger partial charge on any atom is -0.497 e. The van der Waals surface area contributed by atoms with E-state index in [-0.39, 0.29) is 6.79 Å². The number of pyridine rings is 2. The molecule has 0 atom stereocenters. The molecule has 4 aromatic rings. The Balaban J connectivity index is 1.48. The topological polar surface area (TPSA) is 77.9 Å². The number of rotatable bonds is 5. The highest BCUT2D eigenvalue weighted by Gasteiger charge is 2.13. The van der Waals surface area contributed by atoms with Gasteiger partial charge in [0, 0.05) is 17.1 Å². The Bertz CT molecular complexity index is 1240. The molecule has 0 aliphatic carbocycles. The normalized spacial score (nSPS) is 12.4. The maximum absolute atomic E-state index is 5.41. The van der Waals surface area contributed by atoms with Gasteiger partial charge in [-0.05, 0) is 59.7 Å². The second kappa shape index (κ2) is 7.71. The predicted molar refractivity (Wildman–Crippen MR) is 115 cm³/mol. The monoisotopic (exact) mass is 398 g/mol. The van der Waals surface area contributed by atoms with Gasteiger partial charge in [-0.2, -0.15) is 5.10 Å². The van der Waals surface area contributed by atoms with Gasteiger partial charge in [0.1, 0.15) is 5.75 Å². The van der Waals surface area contributed by atoms with Crippen molar-refractivity contribution in [1.29, 1.82) is 0 Å². The van der Waals surface area contributed by atoms with E-state index in [0.717, 1.165) is 33.6 Å². The van der Waals surface area contributed by atoms with Crippen LogP contribution < -0.4 is 19.6 Å². The summed E-state index contributed by atoms with van der Waals surface area (Å²) >= 11 is 0. The molecule has 0 saturated carbocycles. The second-order valence-corrected chi connectivity index (χ2v) is 6.65. The Kier molecular flexibility index (Phi) is 4.61. The van der Waals surface area contributed by atoms with E-state index in [2.05, 4.69) is 26.6 Å². The molecule has 7 heteroatoms. The molecule has 0 bridgehead atoms. The summed E-state index contributed by atoms with van der Waals surface area (Å²) in [6.45, 7) is 0.243. The summed E-state index contributed by atoms with van der Waals surface area (Å²) in [5, 5.41) is 5.33. The first-order chi connectivity index (χ1) is 14.8. The molecule has 7 nitrogen and oxygen atoms in total. The van der Waals surface area contributed by atoms with Crippen LogP contribution in [0.25, 0.3) is 22.2 Å². The molecular formula is C23H18N4O3. The van der Waals surface area contributed by atoms with Crippen molar-refractivity contribution in [2.75, 3.05) is 19.3 Å². The number of hydrazone groups is 1. The number of methoxy groups -OCH3 is 1. The zero-order valence-corrected chi connectivity index (χ0v) is 16.2. The summed E-state index contributed by atoms with van der Waals surface area (Å²) in [6.07, 6.45) is 3.44. The van der Waals surface area contributed by atoms with E-state index in [9.17, 15) is 0 Å². The second-order valence-electron chi connectivity index (χ2n) is 6.65. The van der Waals surface area contributed by atoms with Gasteiger partial charge in [0.25, 0.3) is 0 Å². The average molecular weight is 398 g/mol. The lowest BCUT2D eigenvalue weighted by molar-refractivity contribution is 0.174. The van der Waals surface area contributed by atoms with Gasteiger partial charge in [0.2, 0.25) is 6.79 Å². The summed E-state index contributed by atoms with van der Waals surface area (Å²) in [6, 6.07) is 19.4. The molecule has 0 unspecified atom stereocenters. The van der Waals surface area contributed by atoms with Crippen molar-refractivity contribution < 1.29 is 14.2 Å². The molecule has 148 valence electrons. The van der Waals surface area contributed by atoms with E-state index in [1.165, 1.54) is 0 Å². The van der Waals surface area contributed by atoms with Gasteiger partial charge in [-0.25, -0.2) is 9.97 Å². The zero-order valence-electron chi connectivity index (χ0n) is 16.2. The lowest BCUT2D eigenvalue weighted by atomic mass is 10.0. The molecule has 1 N–H and O–H groups in total. The van der Waals surface area contributed by atoms with Crippen LogP contribution in [0.15, 0.2) is 72.0 Å². The minimum absolute atomic E-state index is 0.243. The van der Waals surface area contributed by atoms with Gasteiger partial charge in [-0.15, -0.1) is 0 Å². The number of ether oxygens (including phenoxy) is 3. The van der Waals surface area contributed by atoms with Crippen LogP contribution in [0.3, 0.4) is 0 Å². The number of nitrogens with zero attached hydrogens (tertiary/aromatic N) is 3. The Morgan fingerprint density at radius 3 is 2.77 bits per heavy atom. The van der Waals surface area contributed by atoms with E-state index in [1.807, 2.05) is 54.6 Å². The minimum atomic E-state index is 0.243. The van der Waals surface area contributed by atoms with Gasteiger partial charge in [-0.1, -0.05) is 12.1 Å². The number of nitrogens with one attached hydrogen (secondary N) is 1. The molecule has 0 radical (unpaired) electrons. The van der Waals surface area contributed by atoms with Crippen molar-refractivity contribution in [2.24, 2.45) is 5.10 Å². The fourth-order valence-corrected chi connectivity index (χ4v) is 3.24. The number of anilines is 1. The smallest absolute Gasteiger partial charge is 0.231 e. The molecule has 5 rings (SSSR count). The van der Waals surface area contributed by atoms with Gasteiger partial charge in [0.05, 0.1) is 13.3 Å². The maximum Gasteiger partial charge on any atom is 0.231 e. The fraction of sp³-hybridized carbons (Fsp3) is 0.0870. The highest BCUT2D eigenvalue weighted by Crippen LogP contribution is 2.33. The van der Waals surface area contributed by atoms with Crippen molar-refractivity contribution in [3.05, 3.63) is 72.4 Å². The third-order valence-corrected chi connectivity index (χ3v) is 4.77. The molecule has 30 heavy (non-hydrogen) atoms. The maximum atomic E-state index is 5.41. The van der Waals surface area contributed by atoms with Crippen LogP contribution >= 0.6 is 0 Å². The van der Waals surface area contributed by atoms with E-state index in [0.29, 0.717) is 17.2 Å². The van der Waals surface area contributed by atoms with Gasteiger partial charge < -0.3 is 14.2 Å². The van der Waals surface area contributed by atoms with E-state index in [4.69, 9.17) is 14.2 Å². The van der Waals surface area contributed by atoms with Gasteiger partial charge in [0.15, 0.2) is 23.0 Å². The van der Waals surface area contributed by atoms with Crippen LogP contribution in [-0.2, 0) is 0 Å². The summed E-state index contributed by atoms with van der Waals surface area (Å²) in [4.78, 5) is 9.03. The Morgan fingerprint density at radius 2 is 1.90 bits per heavy atom. The average Bonchev–Trinajstić information content (AvgIpc) is 3.27. The summed E-state index contributed by atoms with van der Waals surface area (Å²) < 4.78 is 16.0. The standard InChI is InChI=1S/C23H18N4O3/c1-28-18-7-5-16(6-8-18)19-12-17-3-2-10-24-22(17)26-23(19)27-25-13-15-4-9-20-21(11-15)30-14-29-20/h2-13H,14H2,1H3,(H,24,26,27)/b25-13+. The van der Waals surface area contributed by atoms with Gasteiger partial charge in [-0.3, -0.25) is 5.43 Å². The summed E-state index contributed by atoms with van der Waals surface area (Å²) in [7, 11) is 1.65. The Morgan fingerprint density at radius 1 is 1.03 bits per heavy atom. The van der Waals surface area contributed by atoms with Crippen molar-refractivity contribution in [1.82, 2.24) is 9.97 Å². The SMILES string of the molecule is COc1ccc(-c2cc3cccnc3nc2N/N=C/c2ccc3c(c2)OCO3)cc1. The largest absolute Gasteiger partial charge is 0.497 e. The highest BCUT2D eigenvalue weighted by molar-refractivity contribution is 5.88. The predicted octanol–water partition coefficient (Wildman–Crippen LogP) is 4.48. The third kappa shape index (κ3) is 3.48.